The van der Waals surface area contributed by atoms with Gasteiger partial charge in [0.15, 0.2) is 6.10 Å². The van der Waals surface area contributed by atoms with E-state index in [2.05, 4.69) is 15.8 Å². The Kier molecular flexibility index (Phi) is 7.52. The molecule has 2 N–H and O–H groups in total. The minimum Gasteiger partial charge on any atom is -0.494 e. The number of ether oxygens (including phenoxy) is 2. The van der Waals surface area contributed by atoms with E-state index < -0.39 is 22.8 Å². The molecule has 29 heavy (non-hydrogen) atoms. The zero-order chi connectivity index (χ0) is 21.4. The number of aromatic nitrogens is 2. The van der Waals surface area contributed by atoms with Gasteiger partial charge in [0.25, 0.3) is 5.91 Å². The minimum absolute atomic E-state index is 0.00274. The van der Waals surface area contributed by atoms with Gasteiger partial charge in [-0.05, 0) is 48.0 Å². The highest BCUT2D eigenvalue weighted by Gasteiger charge is 2.17. The second-order valence-electron chi connectivity index (χ2n) is 6.05. The van der Waals surface area contributed by atoms with E-state index in [4.69, 9.17) is 9.47 Å². The Balaban J connectivity index is 1.75. The van der Waals surface area contributed by atoms with Gasteiger partial charge in [-0.2, -0.15) is 0 Å². The molecule has 156 valence electrons. The molecule has 0 fully saturated rings. The number of nitro groups is 1. The van der Waals surface area contributed by atoms with Crippen LogP contribution >= 0.6 is 0 Å². The molecule has 0 bridgehead atoms. The SMILES string of the molecule is CCOc1ccc(OC(C)C(=O)NNC(=O)CCn2cc([N+](=O)[O-])nc2C)cc1. The average Bonchev–Trinajstić information content (AvgIpc) is 3.07. The van der Waals surface area contributed by atoms with E-state index in [1.807, 2.05) is 6.92 Å². The molecule has 11 nitrogen and oxygen atoms in total. The topological polar surface area (TPSA) is 138 Å². The third-order valence-electron chi connectivity index (χ3n) is 3.87. The zero-order valence-electron chi connectivity index (χ0n) is 16.4. The van der Waals surface area contributed by atoms with Gasteiger partial charge in [-0.1, -0.05) is 0 Å². The summed E-state index contributed by atoms with van der Waals surface area (Å²) in [7, 11) is 0. The Labute approximate surface area is 167 Å². The predicted octanol–water partition coefficient (Wildman–Crippen LogP) is 1.50. The van der Waals surface area contributed by atoms with Crippen molar-refractivity contribution in [2.45, 2.75) is 39.8 Å². The number of rotatable bonds is 9. The van der Waals surface area contributed by atoms with Gasteiger partial charge < -0.3 is 24.2 Å². The van der Waals surface area contributed by atoms with Crippen LogP contribution in [-0.2, 0) is 16.1 Å². The van der Waals surface area contributed by atoms with Crippen LogP contribution in [0.3, 0.4) is 0 Å². The molecule has 0 saturated carbocycles. The van der Waals surface area contributed by atoms with Crippen LogP contribution in [0, 0.1) is 17.0 Å². The van der Waals surface area contributed by atoms with Gasteiger partial charge in [0.05, 0.1) is 6.61 Å². The number of hydrogen-bond donors (Lipinski definition) is 2. The highest BCUT2D eigenvalue weighted by Crippen LogP contribution is 2.18. The Morgan fingerprint density at radius 1 is 1.24 bits per heavy atom. The highest BCUT2D eigenvalue weighted by atomic mass is 16.6. The summed E-state index contributed by atoms with van der Waals surface area (Å²) in [4.78, 5) is 37.9. The standard InChI is InChI=1S/C18H23N5O6/c1-4-28-14-5-7-15(8-6-14)29-12(2)18(25)21-20-17(24)9-10-22-11-16(23(26)27)19-13(22)3/h5-8,11-12H,4,9-10H2,1-3H3,(H,20,24)(H,21,25). The summed E-state index contributed by atoms with van der Waals surface area (Å²) in [6, 6.07) is 6.82. The lowest BCUT2D eigenvalue weighted by molar-refractivity contribution is -0.389. The van der Waals surface area contributed by atoms with E-state index in [1.54, 1.807) is 38.1 Å². The fraction of sp³-hybridized carbons (Fsp3) is 0.389. The van der Waals surface area contributed by atoms with E-state index >= 15 is 0 Å². The largest absolute Gasteiger partial charge is 0.494 e. The van der Waals surface area contributed by atoms with Crippen LogP contribution in [0.25, 0.3) is 0 Å². The van der Waals surface area contributed by atoms with Gasteiger partial charge in [-0.15, -0.1) is 0 Å². The fourth-order valence-corrected chi connectivity index (χ4v) is 2.36. The molecule has 0 aliphatic heterocycles. The van der Waals surface area contributed by atoms with Crippen LogP contribution < -0.4 is 20.3 Å². The summed E-state index contributed by atoms with van der Waals surface area (Å²) < 4.78 is 12.3. The molecular weight excluding hydrogens is 382 g/mol. The van der Waals surface area contributed by atoms with E-state index in [9.17, 15) is 19.7 Å². The molecule has 0 spiro atoms. The monoisotopic (exact) mass is 405 g/mol. The molecule has 2 amide bonds. The van der Waals surface area contributed by atoms with Gasteiger partial charge in [-0.3, -0.25) is 20.4 Å². The summed E-state index contributed by atoms with van der Waals surface area (Å²) in [5.74, 6) is 0.341. The number of hydrazine groups is 1. The van der Waals surface area contributed by atoms with Crippen molar-refractivity contribution in [3.05, 3.63) is 46.4 Å². The quantitative estimate of drug-likeness (QED) is 0.476. The molecule has 0 saturated heterocycles. The molecule has 1 heterocycles. The normalized spacial score (nSPS) is 11.4. The van der Waals surface area contributed by atoms with Crippen molar-refractivity contribution in [3.63, 3.8) is 0 Å². The van der Waals surface area contributed by atoms with E-state index in [-0.39, 0.29) is 18.8 Å². The predicted molar refractivity (Wildman–Crippen MR) is 102 cm³/mol. The van der Waals surface area contributed by atoms with Crippen molar-refractivity contribution in [3.8, 4) is 11.5 Å². The Morgan fingerprint density at radius 2 is 1.90 bits per heavy atom. The number of nitrogens with one attached hydrogen (secondary N) is 2. The van der Waals surface area contributed by atoms with Crippen molar-refractivity contribution >= 4 is 17.6 Å². The number of carbonyl (C=O) groups excluding carboxylic acids is 2. The third kappa shape index (κ3) is 6.48. The molecule has 1 aromatic heterocycles. The summed E-state index contributed by atoms with van der Waals surface area (Å²) in [5, 5.41) is 10.7. The van der Waals surface area contributed by atoms with Crippen LogP contribution in [0.4, 0.5) is 5.82 Å². The number of carbonyl (C=O) groups is 2. The van der Waals surface area contributed by atoms with E-state index in [0.29, 0.717) is 23.9 Å². The van der Waals surface area contributed by atoms with Crippen LogP contribution in [-0.4, -0.2) is 39.0 Å². The lowest BCUT2D eigenvalue weighted by atomic mass is 10.3. The van der Waals surface area contributed by atoms with Crippen LogP contribution in [0.1, 0.15) is 26.1 Å². The van der Waals surface area contributed by atoms with Crippen molar-refractivity contribution in [1.82, 2.24) is 20.4 Å². The molecule has 0 aliphatic carbocycles. The lowest BCUT2D eigenvalue weighted by Gasteiger charge is -2.15. The molecule has 0 aliphatic rings. The first-order chi connectivity index (χ1) is 13.8. The van der Waals surface area contributed by atoms with Gasteiger partial charge in [0.1, 0.15) is 17.7 Å². The van der Waals surface area contributed by atoms with Crippen molar-refractivity contribution < 1.29 is 24.0 Å². The van der Waals surface area contributed by atoms with Gasteiger partial charge in [-0.25, -0.2) is 0 Å². The second-order valence-corrected chi connectivity index (χ2v) is 6.05. The summed E-state index contributed by atoms with van der Waals surface area (Å²) in [5.41, 5.74) is 4.58. The summed E-state index contributed by atoms with van der Waals surface area (Å²) >= 11 is 0. The maximum Gasteiger partial charge on any atom is 0.381 e. The van der Waals surface area contributed by atoms with Gasteiger partial charge >= 0.3 is 5.82 Å². The fourth-order valence-electron chi connectivity index (χ4n) is 2.36. The van der Waals surface area contributed by atoms with Crippen molar-refractivity contribution in [1.29, 1.82) is 0 Å². The van der Waals surface area contributed by atoms with Crippen molar-refractivity contribution in [2.75, 3.05) is 6.61 Å². The average molecular weight is 405 g/mol. The Bertz CT molecular complexity index is 864. The number of aryl methyl sites for hydroxylation is 2. The molecule has 2 rings (SSSR count). The van der Waals surface area contributed by atoms with E-state index in [0.717, 1.165) is 0 Å². The van der Waals surface area contributed by atoms with E-state index in [1.165, 1.54) is 10.8 Å². The molecule has 1 unspecified atom stereocenters. The van der Waals surface area contributed by atoms with Crippen LogP contribution in [0.2, 0.25) is 0 Å². The van der Waals surface area contributed by atoms with Crippen LogP contribution in [0.15, 0.2) is 30.5 Å². The Morgan fingerprint density at radius 3 is 2.48 bits per heavy atom. The van der Waals surface area contributed by atoms with Gasteiger partial charge in [0, 0.05) is 19.9 Å². The molecule has 11 heteroatoms. The molecule has 1 aromatic carbocycles. The number of amides is 2. The number of benzene rings is 1. The minimum atomic E-state index is -0.841. The molecule has 2 aromatic rings. The smallest absolute Gasteiger partial charge is 0.381 e. The number of nitrogens with zero attached hydrogens (tertiary/aromatic N) is 3. The Hall–Kier alpha value is -3.63. The maximum absolute atomic E-state index is 12.1. The highest BCUT2D eigenvalue weighted by molar-refractivity contribution is 5.84. The zero-order valence-corrected chi connectivity index (χ0v) is 16.4. The third-order valence-corrected chi connectivity index (χ3v) is 3.87. The lowest BCUT2D eigenvalue weighted by Crippen LogP contribution is -2.47. The summed E-state index contributed by atoms with van der Waals surface area (Å²) in [6.07, 6.45) is 0.420. The first kappa shape index (κ1) is 21.7. The number of imidazole rings is 1. The van der Waals surface area contributed by atoms with Crippen molar-refractivity contribution in [2.24, 2.45) is 0 Å². The first-order valence-electron chi connectivity index (χ1n) is 8.96. The second kappa shape index (κ2) is 10.1. The van der Waals surface area contributed by atoms with Gasteiger partial charge in [0.2, 0.25) is 11.7 Å². The molecule has 1 atom stereocenters. The molecular formula is C18H23N5O6. The first-order valence-corrected chi connectivity index (χ1v) is 8.96. The maximum atomic E-state index is 12.1. The summed E-state index contributed by atoms with van der Waals surface area (Å²) in [6.45, 7) is 5.77. The van der Waals surface area contributed by atoms with Crippen LogP contribution in [0.5, 0.6) is 11.5 Å². The molecule has 0 radical (unpaired) electrons. The number of hydrogen-bond acceptors (Lipinski definition) is 7.